The topological polar surface area (TPSA) is 33.9 Å². The van der Waals surface area contributed by atoms with Crippen molar-refractivity contribution >= 4 is 0 Å². The molecular formula is C12H26NO2+. The summed E-state index contributed by atoms with van der Waals surface area (Å²) in [6.07, 6.45) is 3.67. The molecule has 0 saturated carbocycles. The third-order valence-corrected chi connectivity index (χ3v) is 2.79. The minimum atomic E-state index is -0.308. The van der Waals surface area contributed by atoms with Crippen LogP contribution in [0.2, 0.25) is 0 Å². The average molecular weight is 216 g/mol. The van der Waals surface area contributed by atoms with E-state index < -0.39 is 0 Å². The molecule has 1 atom stereocenters. The molecule has 2 N–H and O–H groups in total. The first-order valence-electron chi connectivity index (χ1n) is 6.13. The second kappa shape index (κ2) is 5.83. The number of aliphatic hydroxyl groups excluding tert-OH is 1. The summed E-state index contributed by atoms with van der Waals surface area (Å²) >= 11 is 0. The van der Waals surface area contributed by atoms with Crippen molar-refractivity contribution in [3.05, 3.63) is 0 Å². The quantitative estimate of drug-likeness (QED) is 0.705. The summed E-state index contributed by atoms with van der Waals surface area (Å²) in [5.74, 6) is 0. The molecule has 0 unspecified atom stereocenters. The Kier molecular flexibility index (Phi) is 5.03. The maximum Gasteiger partial charge on any atom is 0.126 e. The van der Waals surface area contributed by atoms with Gasteiger partial charge in [-0.3, -0.25) is 0 Å². The molecule has 3 nitrogen and oxygen atoms in total. The molecule has 0 aromatic heterocycles. The first kappa shape index (κ1) is 12.9. The Hall–Kier alpha value is -0.120. The lowest BCUT2D eigenvalue weighted by molar-refractivity contribution is -0.908. The highest BCUT2D eigenvalue weighted by atomic mass is 16.5. The lowest BCUT2D eigenvalue weighted by Gasteiger charge is -2.27. The first-order valence-corrected chi connectivity index (χ1v) is 6.13. The highest BCUT2D eigenvalue weighted by Crippen LogP contribution is 2.06. The van der Waals surface area contributed by atoms with Crippen molar-refractivity contribution in [1.82, 2.24) is 0 Å². The Labute approximate surface area is 93.4 Å². The van der Waals surface area contributed by atoms with Crippen LogP contribution in [0.5, 0.6) is 0 Å². The lowest BCUT2D eigenvalue weighted by atomic mass is 10.1. The number of piperidine rings is 1. The van der Waals surface area contributed by atoms with Crippen LogP contribution in [0, 0.1) is 0 Å². The zero-order chi connectivity index (χ0) is 11.3. The summed E-state index contributed by atoms with van der Waals surface area (Å²) in [6.45, 7) is 9.80. The number of ether oxygens (including phenoxy) is 1. The number of rotatable bonds is 4. The predicted octanol–water partition coefficient (Wildman–Crippen LogP) is 0.231. The zero-order valence-corrected chi connectivity index (χ0v) is 10.4. The van der Waals surface area contributed by atoms with E-state index >= 15 is 0 Å². The standard InChI is InChI=1S/C12H25NO2/c1-12(2,3)15-10-11(14)9-13-7-5-4-6-8-13/h11,14H,4-10H2,1-3H3/p+1/t11-/m1/s1. The van der Waals surface area contributed by atoms with Gasteiger partial charge in [-0.1, -0.05) is 0 Å². The van der Waals surface area contributed by atoms with Crippen molar-refractivity contribution in [1.29, 1.82) is 0 Å². The van der Waals surface area contributed by atoms with Crippen LogP contribution in [-0.2, 0) is 4.74 Å². The van der Waals surface area contributed by atoms with Gasteiger partial charge in [-0.15, -0.1) is 0 Å². The Morgan fingerprint density at radius 1 is 1.20 bits per heavy atom. The highest BCUT2D eigenvalue weighted by molar-refractivity contribution is 4.61. The molecule has 1 aliphatic heterocycles. The molecule has 90 valence electrons. The molecule has 0 aliphatic carbocycles. The maximum absolute atomic E-state index is 9.82. The molecule has 15 heavy (non-hydrogen) atoms. The SMILES string of the molecule is CC(C)(C)OC[C@H](O)C[NH+]1CCCCC1. The van der Waals surface area contributed by atoms with Gasteiger partial charge in [0.1, 0.15) is 12.6 Å². The molecule has 0 aromatic rings. The van der Waals surface area contributed by atoms with Crippen molar-refractivity contribution in [2.75, 3.05) is 26.2 Å². The number of hydrogen-bond donors (Lipinski definition) is 2. The van der Waals surface area contributed by atoms with Crippen LogP contribution in [0.15, 0.2) is 0 Å². The largest absolute Gasteiger partial charge is 0.385 e. The van der Waals surface area contributed by atoms with E-state index in [1.165, 1.54) is 37.3 Å². The van der Waals surface area contributed by atoms with Gasteiger partial charge in [0.05, 0.1) is 25.3 Å². The van der Waals surface area contributed by atoms with Crippen molar-refractivity contribution in [3.8, 4) is 0 Å². The summed E-state index contributed by atoms with van der Waals surface area (Å²) in [5.41, 5.74) is -0.141. The molecule has 0 aromatic carbocycles. The van der Waals surface area contributed by atoms with Gasteiger partial charge in [-0.25, -0.2) is 0 Å². The molecule has 0 bridgehead atoms. The van der Waals surface area contributed by atoms with E-state index in [-0.39, 0.29) is 11.7 Å². The molecule has 0 amide bonds. The number of likely N-dealkylation sites (tertiary alicyclic amines) is 1. The molecule has 0 radical (unpaired) electrons. The average Bonchev–Trinajstić information content (AvgIpc) is 2.15. The van der Waals surface area contributed by atoms with Crippen molar-refractivity contribution < 1.29 is 14.7 Å². The third kappa shape index (κ3) is 6.13. The number of quaternary nitrogens is 1. The number of hydrogen-bond acceptors (Lipinski definition) is 2. The Morgan fingerprint density at radius 2 is 1.80 bits per heavy atom. The molecule has 1 heterocycles. The van der Waals surface area contributed by atoms with Gasteiger partial charge in [0, 0.05) is 0 Å². The Morgan fingerprint density at radius 3 is 2.33 bits per heavy atom. The van der Waals surface area contributed by atoms with E-state index in [1.807, 2.05) is 20.8 Å². The van der Waals surface area contributed by atoms with Crippen LogP contribution in [-0.4, -0.2) is 43.1 Å². The first-order chi connectivity index (χ1) is 6.97. The fraction of sp³-hybridized carbons (Fsp3) is 1.00. The molecule has 1 aliphatic rings. The van der Waals surface area contributed by atoms with E-state index in [1.54, 1.807) is 0 Å². The zero-order valence-electron chi connectivity index (χ0n) is 10.4. The molecule has 0 spiro atoms. The molecule has 1 rings (SSSR count). The molecule has 1 fully saturated rings. The summed E-state index contributed by atoms with van der Waals surface area (Å²) in [6, 6.07) is 0. The van der Waals surface area contributed by atoms with E-state index in [2.05, 4.69) is 0 Å². The lowest BCUT2D eigenvalue weighted by Crippen LogP contribution is -3.14. The van der Waals surface area contributed by atoms with E-state index in [0.717, 1.165) is 6.54 Å². The van der Waals surface area contributed by atoms with Gasteiger partial charge < -0.3 is 14.7 Å². The molecule has 3 heteroatoms. The second-order valence-corrected chi connectivity index (χ2v) is 5.59. The Bertz CT molecular complexity index is 171. The molecule has 1 saturated heterocycles. The minimum absolute atomic E-state index is 0.141. The van der Waals surface area contributed by atoms with Gasteiger partial charge in [0.2, 0.25) is 0 Å². The molecular weight excluding hydrogens is 190 g/mol. The van der Waals surface area contributed by atoms with Crippen LogP contribution < -0.4 is 4.90 Å². The summed E-state index contributed by atoms with van der Waals surface area (Å²) in [4.78, 5) is 1.53. The van der Waals surface area contributed by atoms with Gasteiger partial charge in [-0.2, -0.15) is 0 Å². The fourth-order valence-electron chi connectivity index (χ4n) is 1.99. The smallest absolute Gasteiger partial charge is 0.126 e. The summed E-state index contributed by atoms with van der Waals surface area (Å²) in [7, 11) is 0. The number of aliphatic hydroxyl groups is 1. The van der Waals surface area contributed by atoms with Crippen LogP contribution >= 0.6 is 0 Å². The third-order valence-electron chi connectivity index (χ3n) is 2.79. The van der Waals surface area contributed by atoms with Crippen LogP contribution in [0.25, 0.3) is 0 Å². The maximum atomic E-state index is 9.82. The van der Waals surface area contributed by atoms with Crippen molar-refractivity contribution in [3.63, 3.8) is 0 Å². The second-order valence-electron chi connectivity index (χ2n) is 5.59. The van der Waals surface area contributed by atoms with Crippen LogP contribution in [0.1, 0.15) is 40.0 Å². The fourth-order valence-corrected chi connectivity index (χ4v) is 1.99. The number of nitrogens with one attached hydrogen (secondary N) is 1. The van der Waals surface area contributed by atoms with Gasteiger partial charge >= 0.3 is 0 Å². The van der Waals surface area contributed by atoms with E-state index in [9.17, 15) is 5.11 Å². The monoisotopic (exact) mass is 216 g/mol. The van der Waals surface area contributed by atoms with E-state index in [4.69, 9.17) is 4.74 Å². The van der Waals surface area contributed by atoms with E-state index in [0.29, 0.717) is 6.61 Å². The van der Waals surface area contributed by atoms with Gasteiger partial charge in [0.15, 0.2) is 0 Å². The normalized spacial score (nSPS) is 21.6. The van der Waals surface area contributed by atoms with Gasteiger partial charge in [-0.05, 0) is 40.0 Å². The van der Waals surface area contributed by atoms with Gasteiger partial charge in [0.25, 0.3) is 0 Å². The Balaban J connectivity index is 2.14. The van der Waals surface area contributed by atoms with Crippen molar-refractivity contribution in [2.45, 2.75) is 51.7 Å². The summed E-state index contributed by atoms with van der Waals surface area (Å²) < 4.78 is 5.57. The van der Waals surface area contributed by atoms with Crippen LogP contribution in [0.3, 0.4) is 0 Å². The highest BCUT2D eigenvalue weighted by Gasteiger charge is 2.20. The van der Waals surface area contributed by atoms with Crippen molar-refractivity contribution in [2.24, 2.45) is 0 Å². The van der Waals surface area contributed by atoms with Crippen LogP contribution in [0.4, 0.5) is 0 Å². The predicted molar refractivity (Wildman–Crippen MR) is 61.1 cm³/mol. The minimum Gasteiger partial charge on any atom is -0.385 e. The summed E-state index contributed by atoms with van der Waals surface area (Å²) in [5, 5.41) is 9.82.